The molecule has 2 aromatic carbocycles. The third kappa shape index (κ3) is 5.31. The highest BCUT2D eigenvalue weighted by atomic mass is 79.9. The number of carboxylic acid groups (broad SMARTS) is 1. The Morgan fingerprint density at radius 2 is 1.80 bits per heavy atom. The predicted molar refractivity (Wildman–Crippen MR) is 133 cm³/mol. The maximum Gasteiger partial charge on any atom is 0.345 e. The van der Waals surface area contributed by atoms with Crippen LogP contribution in [0.25, 0.3) is 11.3 Å². The number of carbonyl (C=O) groups is 1. The molecule has 2 aromatic heterocycles. The van der Waals surface area contributed by atoms with Crippen molar-refractivity contribution in [3.05, 3.63) is 82.0 Å². The molecule has 0 aliphatic carbocycles. The van der Waals surface area contributed by atoms with Gasteiger partial charge in [0.05, 0.1) is 9.90 Å². The number of hydrogen-bond acceptors (Lipinski definition) is 6. The lowest BCUT2D eigenvalue weighted by molar-refractivity contribution is 0.0702. The first-order chi connectivity index (χ1) is 14.1. The largest absolute Gasteiger partial charge is 0.477 e. The fourth-order valence-electron chi connectivity index (χ4n) is 2.93. The van der Waals surface area contributed by atoms with Crippen LogP contribution in [0.15, 0.2) is 70.3 Å². The van der Waals surface area contributed by atoms with Crippen LogP contribution < -0.4 is 5.32 Å². The average Bonchev–Trinajstić information content (AvgIpc) is 3.37. The number of hydrogen-bond donors (Lipinski definition) is 2. The van der Waals surface area contributed by atoms with Crippen molar-refractivity contribution in [2.75, 3.05) is 11.6 Å². The second-order valence-electron chi connectivity index (χ2n) is 6.34. The quantitative estimate of drug-likeness (QED) is 0.253. The molecule has 4 aromatic rings. The summed E-state index contributed by atoms with van der Waals surface area (Å²) >= 11 is 4.34. The minimum absolute atomic E-state index is 0. The van der Waals surface area contributed by atoms with Crippen LogP contribution >= 0.6 is 51.4 Å². The Morgan fingerprint density at radius 3 is 2.47 bits per heavy atom. The number of thiazole rings is 1. The van der Waals surface area contributed by atoms with E-state index >= 15 is 0 Å². The number of nitrogens with zero attached hydrogens (tertiary/aromatic N) is 1. The Morgan fingerprint density at radius 1 is 1.10 bits per heavy atom. The number of halogens is 1. The van der Waals surface area contributed by atoms with Gasteiger partial charge in [0.1, 0.15) is 4.88 Å². The number of anilines is 2. The van der Waals surface area contributed by atoms with E-state index in [1.165, 1.54) is 33.8 Å². The second kappa shape index (κ2) is 10.3. The maximum atomic E-state index is 11.3. The van der Waals surface area contributed by atoms with Crippen molar-refractivity contribution in [2.24, 2.45) is 0 Å². The normalized spacial score (nSPS) is 10.4. The van der Waals surface area contributed by atoms with Gasteiger partial charge in [-0.15, -0.1) is 51.4 Å². The molecular weight excluding hydrogens is 500 g/mol. The lowest BCUT2D eigenvalue weighted by atomic mass is 10.1. The van der Waals surface area contributed by atoms with E-state index in [9.17, 15) is 9.90 Å². The molecule has 0 unspecified atom stereocenters. The molecule has 0 spiro atoms. The smallest absolute Gasteiger partial charge is 0.345 e. The fraction of sp³-hybridized carbons (Fsp3) is 0.0909. The molecule has 0 fully saturated rings. The van der Waals surface area contributed by atoms with E-state index in [1.807, 2.05) is 17.7 Å². The molecule has 4 rings (SSSR count). The topological polar surface area (TPSA) is 62.2 Å². The van der Waals surface area contributed by atoms with Crippen LogP contribution in [0.1, 0.15) is 20.8 Å². The number of aromatic carboxylic acids is 1. The summed E-state index contributed by atoms with van der Waals surface area (Å²) in [6.45, 7) is 0. The molecule has 0 aliphatic rings. The van der Waals surface area contributed by atoms with E-state index < -0.39 is 5.97 Å². The van der Waals surface area contributed by atoms with Gasteiger partial charge in [0.2, 0.25) is 0 Å². The summed E-state index contributed by atoms with van der Waals surface area (Å²) in [6, 6.07) is 20.5. The van der Waals surface area contributed by atoms with Gasteiger partial charge in [0.25, 0.3) is 0 Å². The molecule has 4 nitrogen and oxygen atoms in total. The number of rotatable bonds is 7. The molecule has 0 amide bonds. The van der Waals surface area contributed by atoms with E-state index in [2.05, 4.69) is 58.8 Å². The van der Waals surface area contributed by atoms with Crippen LogP contribution in [-0.4, -0.2) is 22.3 Å². The Labute approximate surface area is 197 Å². The molecule has 154 valence electrons. The highest BCUT2D eigenvalue weighted by Gasteiger charge is 2.17. The van der Waals surface area contributed by atoms with E-state index in [0.717, 1.165) is 32.7 Å². The average molecular weight is 520 g/mol. The van der Waals surface area contributed by atoms with Gasteiger partial charge in [-0.3, -0.25) is 0 Å². The van der Waals surface area contributed by atoms with Gasteiger partial charge < -0.3 is 10.4 Å². The van der Waals surface area contributed by atoms with Gasteiger partial charge in [-0.2, -0.15) is 0 Å². The molecule has 0 atom stereocenters. The predicted octanol–water partition coefficient (Wildman–Crippen LogP) is 7.20. The minimum Gasteiger partial charge on any atom is -0.477 e. The summed E-state index contributed by atoms with van der Waals surface area (Å²) in [5, 5.41) is 15.3. The number of thioether (sulfide) groups is 1. The Kier molecular flexibility index (Phi) is 7.71. The van der Waals surface area contributed by atoms with Crippen LogP contribution in [0.4, 0.5) is 10.8 Å². The van der Waals surface area contributed by atoms with Gasteiger partial charge in [0, 0.05) is 16.6 Å². The zero-order chi connectivity index (χ0) is 20.2. The third-order valence-electron chi connectivity index (χ3n) is 4.33. The molecule has 8 heteroatoms. The van der Waals surface area contributed by atoms with Crippen LogP contribution in [0.2, 0.25) is 0 Å². The van der Waals surface area contributed by atoms with Crippen LogP contribution in [0.5, 0.6) is 0 Å². The number of nitrogens with one attached hydrogen (secondary N) is 1. The minimum atomic E-state index is -0.902. The first-order valence-electron chi connectivity index (χ1n) is 8.89. The molecule has 2 N–H and O–H groups in total. The molecule has 30 heavy (non-hydrogen) atoms. The Bertz CT molecular complexity index is 1130. The van der Waals surface area contributed by atoms with Gasteiger partial charge in [-0.05, 0) is 42.0 Å². The number of benzene rings is 2. The van der Waals surface area contributed by atoms with Crippen molar-refractivity contribution in [3.8, 4) is 11.3 Å². The second-order valence-corrected chi connectivity index (χ2v) is 9.33. The number of carboxylic acids is 1. The van der Waals surface area contributed by atoms with Gasteiger partial charge >= 0.3 is 5.97 Å². The van der Waals surface area contributed by atoms with E-state index in [-0.39, 0.29) is 17.0 Å². The number of aromatic nitrogens is 1. The lowest BCUT2D eigenvalue weighted by Crippen LogP contribution is -1.92. The van der Waals surface area contributed by atoms with Crippen molar-refractivity contribution in [3.63, 3.8) is 0 Å². The summed E-state index contributed by atoms with van der Waals surface area (Å²) in [4.78, 5) is 16.3. The van der Waals surface area contributed by atoms with Gasteiger partial charge in [-0.1, -0.05) is 42.5 Å². The zero-order valence-electron chi connectivity index (χ0n) is 16.0. The highest BCUT2D eigenvalue weighted by Crippen LogP contribution is 2.39. The molecule has 0 bridgehead atoms. The molecular formula is C22H19BrN2O2S3. The van der Waals surface area contributed by atoms with Crippen LogP contribution in [0.3, 0.4) is 0 Å². The van der Waals surface area contributed by atoms with E-state index in [0.29, 0.717) is 4.88 Å². The van der Waals surface area contributed by atoms with Crippen LogP contribution in [-0.2, 0) is 6.42 Å². The summed E-state index contributed by atoms with van der Waals surface area (Å²) < 4.78 is 0.963. The summed E-state index contributed by atoms with van der Waals surface area (Å²) in [5.41, 5.74) is 5.20. The Hall–Kier alpha value is -2.13. The molecule has 2 heterocycles. The zero-order valence-corrected chi connectivity index (χ0v) is 20.2. The van der Waals surface area contributed by atoms with Crippen molar-refractivity contribution in [1.29, 1.82) is 0 Å². The fourth-order valence-corrected chi connectivity index (χ4v) is 5.38. The summed E-state index contributed by atoms with van der Waals surface area (Å²) in [5.74, 6) is -0.902. The molecule has 0 saturated heterocycles. The van der Waals surface area contributed by atoms with E-state index in [1.54, 1.807) is 17.8 Å². The first kappa shape index (κ1) is 22.6. The summed E-state index contributed by atoms with van der Waals surface area (Å²) in [7, 11) is 0. The van der Waals surface area contributed by atoms with Crippen LogP contribution in [0, 0.1) is 0 Å². The van der Waals surface area contributed by atoms with Crippen molar-refractivity contribution < 1.29 is 9.90 Å². The van der Waals surface area contributed by atoms with Crippen molar-refractivity contribution in [2.45, 2.75) is 10.6 Å². The third-order valence-corrected chi connectivity index (χ3v) is 7.35. The lowest BCUT2D eigenvalue weighted by Gasteiger charge is -2.05. The van der Waals surface area contributed by atoms with Gasteiger partial charge in [-0.25, -0.2) is 9.78 Å². The van der Waals surface area contributed by atoms with Crippen molar-refractivity contribution >= 4 is 68.2 Å². The molecule has 0 saturated carbocycles. The van der Waals surface area contributed by atoms with Gasteiger partial charge in [0.15, 0.2) is 5.13 Å². The first-order valence-corrected chi connectivity index (χ1v) is 11.8. The standard InChI is InChI=1S/C22H18N2O2S3.BrH/c1-27-21-17(12-19(29-21)20(25)26)18-13-28-22(24-18)23-16-9-7-15(8-10-16)11-14-5-3-2-4-6-14;/h2-10,12-13H,11H2,1H3,(H,23,24)(H,25,26);1H. The highest BCUT2D eigenvalue weighted by molar-refractivity contribution is 8.93. The van der Waals surface area contributed by atoms with E-state index in [4.69, 9.17) is 0 Å². The SMILES string of the molecule is Br.CSc1sc(C(=O)O)cc1-c1csc(Nc2ccc(Cc3ccccc3)cc2)n1. The Balaban J connectivity index is 0.00000256. The molecule has 0 radical (unpaired) electrons. The molecule has 0 aliphatic heterocycles. The monoisotopic (exact) mass is 518 g/mol. The summed E-state index contributed by atoms with van der Waals surface area (Å²) in [6.07, 6.45) is 2.85. The maximum absolute atomic E-state index is 11.3. The number of thiophene rings is 1. The van der Waals surface area contributed by atoms with Crippen molar-refractivity contribution in [1.82, 2.24) is 4.98 Å².